The van der Waals surface area contributed by atoms with Crippen LogP contribution in [0.15, 0.2) is 30.3 Å². The normalized spacial score (nSPS) is 20.6. The third-order valence-electron chi connectivity index (χ3n) is 4.22. The van der Waals surface area contributed by atoms with E-state index in [4.69, 9.17) is 16.6 Å². The molecule has 1 fully saturated rings. The minimum Gasteiger partial charge on any atom is -0.354 e. The van der Waals surface area contributed by atoms with Gasteiger partial charge in [0.25, 0.3) is 0 Å². The Morgan fingerprint density at radius 3 is 2.85 bits per heavy atom. The van der Waals surface area contributed by atoms with Gasteiger partial charge in [0.1, 0.15) is 5.82 Å². The fourth-order valence-electron chi connectivity index (χ4n) is 2.76. The quantitative estimate of drug-likeness (QED) is 0.792. The molecule has 2 heterocycles. The zero-order valence-corrected chi connectivity index (χ0v) is 12.8. The SMILES string of the molecule is CC1CN(c2cc(CCl)c3ccccc3n2)CCN1C. The van der Waals surface area contributed by atoms with Crippen LogP contribution in [0.3, 0.4) is 0 Å². The summed E-state index contributed by atoms with van der Waals surface area (Å²) in [7, 11) is 2.18. The number of pyridine rings is 1. The molecule has 3 nitrogen and oxygen atoms in total. The Labute approximate surface area is 125 Å². The maximum atomic E-state index is 6.11. The third kappa shape index (κ3) is 2.48. The van der Waals surface area contributed by atoms with Gasteiger partial charge in [0, 0.05) is 36.9 Å². The molecule has 1 aromatic carbocycles. The summed E-state index contributed by atoms with van der Waals surface area (Å²) in [6.45, 7) is 5.37. The number of halogens is 1. The van der Waals surface area contributed by atoms with Gasteiger partial charge in [-0.25, -0.2) is 4.98 Å². The summed E-state index contributed by atoms with van der Waals surface area (Å²) in [4.78, 5) is 9.57. The number of para-hydroxylation sites is 1. The van der Waals surface area contributed by atoms with Crippen molar-refractivity contribution in [1.82, 2.24) is 9.88 Å². The third-order valence-corrected chi connectivity index (χ3v) is 4.50. The summed E-state index contributed by atoms with van der Waals surface area (Å²) in [5.74, 6) is 1.58. The second-order valence-electron chi connectivity index (χ2n) is 5.57. The van der Waals surface area contributed by atoms with Crippen LogP contribution in [0, 0.1) is 0 Å². The highest BCUT2D eigenvalue weighted by Crippen LogP contribution is 2.25. The maximum absolute atomic E-state index is 6.11. The lowest BCUT2D eigenvalue weighted by Gasteiger charge is -2.38. The predicted molar refractivity (Wildman–Crippen MR) is 85.6 cm³/mol. The molecule has 0 radical (unpaired) electrons. The summed E-state index contributed by atoms with van der Waals surface area (Å²) in [6, 6.07) is 10.9. The van der Waals surface area contributed by atoms with Crippen molar-refractivity contribution < 1.29 is 0 Å². The van der Waals surface area contributed by atoms with Crippen LogP contribution in [-0.4, -0.2) is 42.6 Å². The minimum atomic E-state index is 0.527. The number of benzene rings is 1. The van der Waals surface area contributed by atoms with E-state index in [9.17, 15) is 0 Å². The summed E-state index contributed by atoms with van der Waals surface area (Å²) < 4.78 is 0. The average Bonchev–Trinajstić information content (AvgIpc) is 2.49. The van der Waals surface area contributed by atoms with Gasteiger partial charge in [0.15, 0.2) is 0 Å². The van der Waals surface area contributed by atoms with Crippen molar-refractivity contribution in [2.45, 2.75) is 18.8 Å². The second kappa shape index (κ2) is 5.58. The molecule has 1 unspecified atom stereocenters. The van der Waals surface area contributed by atoms with Gasteiger partial charge >= 0.3 is 0 Å². The fraction of sp³-hybridized carbons (Fsp3) is 0.438. The molecule has 20 heavy (non-hydrogen) atoms. The number of nitrogens with zero attached hydrogens (tertiary/aromatic N) is 3. The first-order valence-electron chi connectivity index (χ1n) is 7.09. The van der Waals surface area contributed by atoms with E-state index in [2.05, 4.69) is 42.0 Å². The first kappa shape index (κ1) is 13.7. The van der Waals surface area contributed by atoms with Crippen molar-refractivity contribution in [3.63, 3.8) is 0 Å². The molecule has 0 amide bonds. The van der Waals surface area contributed by atoms with Gasteiger partial charge in [-0.15, -0.1) is 11.6 Å². The molecule has 1 saturated heterocycles. The van der Waals surface area contributed by atoms with Crippen molar-refractivity contribution in [1.29, 1.82) is 0 Å². The molecular weight excluding hydrogens is 270 g/mol. The predicted octanol–water partition coefficient (Wildman–Crippen LogP) is 3.11. The monoisotopic (exact) mass is 289 g/mol. The Hall–Kier alpha value is -1.32. The Kier molecular flexibility index (Phi) is 3.81. The number of piperazine rings is 1. The summed E-state index contributed by atoms with van der Waals surface area (Å²) in [5, 5.41) is 1.16. The number of anilines is 1. The first-order valence-corrected chi connectivity index (χ1v) is 7.62. The van der Waals surface area contributed by atoms with Crippen LogP contribution in [0.1, 0.15) is 12.5 Å². The van der Waals surface area contributed by atoms with E-state index in [1.165, 1.54) is 5.56 Å². The smallest absolute Gasteiger partial charge is 0.129 e. The molecule has 0 saturated carbocycles. The van der Waals surface area contributed by atoms with Gasteiger partial charge in [0.05, 0.1) is 5.52 Å². The lowest BCUT2D eigenvalue weighted by molar-refractivity contribution is 0.233. The number of rotatable bonds is 2. The van der Waals surface area contributed by atoms with E-state index in [0.29, 0.717) is 11.9 Å². The van der Waals surface area contributed by atoms with Crippen molar-refractivity contribution in [3.8, 4) is 0 Å². The Bertz CT molecular complexity index is 614. The molecule has 1 aliphatic heterocycles. The topological polar surface area (TPSA) is 19.4 Å². The van der Waals surface area contributed by atoms with Crippen LogP contribution in [0.5, 0.6) is 0 Å². The standard InChI is InChI=1S/C16H20ClN3/c1-12-11-20(8-7-19(12)2)16-9-13(10-17)14-5-3-4-6-15(14)18-16/h3-6,9,12H,7-8,10-11H2,1-2H3. The zero-order chi connectivity index (χ0) is 14.1. The number of alkyl halides is 1. The van der Waals surface area contributed by atoms with Gasteiger partial charge in [0.2, 0.25) is 0 Å². The molecule has 4 heteroatoms. The molecule has 0 aliphatic carbocycles. The van der Waals surface area contributed by atoms with Gasteiger partial charge < -0.3 is 9.80 Å². The molecule has 0 bridgehead atoms. The van der Waals surface area contributed by atoms with Crippen LogP contribution < -0.4 is 4.90 Å². The lowest BCUT2D eigenvalue weighted by atomic mass is 10.1. The molecule has 106 valence electrons. The first-order chi connectivity index (χ1) is 9.69. The van der Waals surface area contributed by atoms with Gasteiger partial charge in [-0.3, -0.25) is 0 Å². The Morgan fingerprint density at radius 1 is 1.30 bits per heavy atom. The number of aromatic nitrogens is 1. The van der Waals surface area contributed by atoms with Crippen molar-refractivity contribution in [2.24, 2.45) is 0 Å². The van der Waals surface area contributed by atoms with E-state index >= 15 is 0 Å². The van der Waals surface area contributed by atoms with E-state index in [1.54, 1.807) is 0 Å². The average molecular weight is 290 g/mol. The van der Waals surface area contributed by atoms with Crippen molar-refractivity contribution in [2.75, 3.05) is 31.6 Å². The molecule has 3 rings (SSSR count). The van der Waals surface area contributed by atoms with Gasteiger partial charge in [-0.1, -0.05) is 18.2 Å². The van der Waals surface area contributed by atoms with Crippen LogP contribution in [-0.2, 0) is 5.88 Å². The second-order valence-corrected chi connectivity index (χ2v) is 5.83. The van der Waals surface area contributed by atoms with Crippen LogP contribution in [0.2, 0.25) is 0 Å². The zero-order valence-electron chi connectivity index (χ0n) is 12.0. The highest BCUT2D eigenvalue weighted by Gasteiger charge is 2.22. The molecule has 1 aromatic heterocycles. The number of hydrogen-bond acceptors (Lipinski definition) is 3. The van der Waals surface area contributed by atoms with Gasteiger partial charge in [-0.2, -0.15) is 0 Å². The highest BCUT2D eigenvalue weighted by molar-refractivity contribution is 6.18. The van der Waals surface area contributed by atoms with E-state index in [1.807, 2.05) is 12.1 Å². The highest BCUT2D eigenvalue weighted by atomic mass is 35.5. The van der Waals surface area contributed by atoms with Crippen LogP contribution in [0.4, 0.5) is 5.82 Å². The molecule has 1 aliphatic rings. The van der Waals surface area contributed by atoms with Crippen LogP contribution >= 0.6 is 11.6 Å². The minimum absolute atomic E-state index is 0.527. The summed E-state index contributed by atoms with van der Waals surface area (Å²) in [5.41, 5.74) is 2.20. The lowest BCUT2D eigenvalue weighted by Crippen LogP contribution is -2.50. The molecular formula is C16H20ClN3. The summed E-state index contributed by atoms with van der Waals surface area (Å²) >= 11 is 6.11. The van der Waals surface area contributed by atoms with E-state index in [-0.39, 0.29) is 0 Å². The van der Waals surface area contributed by atoms with Crippen molar-refractivity contribution >= 4 is 28.3 Å². The largest absolute Gasteiger partial charge is 0.354 e. The number of likely N-dealkylation sites (N-methyl/N-ethyl adjacent to an activating group) is 1. The molecule has 0 N–H and O–H groups in total. The maximum Gasteiger partial charge on any atom is 0.129 e. The molecule has 2 aromatic rings. The Morgan fingerprint density at radius 2 is 2.10 bits per heavy atom. The fourth-order valence-corrected chi connectivity index (χ4v) is 2.98. The summed E-state index contributed by atoms with van der Waals surface area (Å²) in [6.07, 6.45) is 0. The number of fused-ring (bicyclic) bond motifs is 1. The van der Waals surface area contributed by atoms with Crippen LogP contribution in [0.25, 0.3) is 10.9 Å². The van der Waals surface area contributed by atoms with Gasteiger partial charge in [-0.05, 0) is 31.7 Å². The van der Waals surface area contributed by atoms with E-state index in [0.717, 1.165) is 36.4 Å². The number of hydrogen-bond donors (Lipinski definition) is 0. The van der Waals surface area contributed by atoms with Crippen molar-refractivity contribution in [3.05, 3.63) is 35.9 Å². The molecule has 0 spiro atoms. The Balaban J connectivity index is 1.99. The molecule has 1 atom stereocenters. The van der Waals surface area contributed by atoms with E-state index < -0.39 is 0 Å².